The molecule has 1 fully saturated rings. The number of fused-ring (bicyclic) bond motifs is 3. The molecule has 2 aromatic heterocycles. The van der Waals surface area contributed by atoms with E-state index in [9.17, 15) is 31.1 Å². The SMILES string of the molecule is COc1ccc(CN2CC3C(C2)n2cccc2C(=O)N3Cc2ccccn2)cc1.O=C(O)C(F)(F)F.O=C(O)C(F)(F)F. The molecule has 2 atom stereocenters. The Balaban J connectivity index is 0.000000303. The van der Waals surface area contributed by atoms with Crippen LogP contribution in [0.4, 0.5) is 26.3 Å². The maximum atomic E-state index is 13.2. The number of carbonyl (C=O) groups is 3. The number of rotatable bonds is 5. The largest absolute Gasteiger partial charge is 0.497 e. The minimum Gasteiger partial charge on any atom is -0.497 e. The second kappa shape index (κ2) is 13.6. The first-order valence-corrected chi connectivity index (χ1v) is 12.4. The number of carbonyl (C=O) groups excluding carboxylic acids is 1. The fourth-order valence-corrected chi connectivity index (χ4v) is 4.56. The number of methoxy groups -OCH3 is 1. The molecule has 2 N–H and O–H groups in total. The summed E-state index contributed by atoms with van der Waals surface area (Å²) in [7, 11) is 1.68. The van der Waals surface area contributed by atoms with Crippen LogP contribution in [0.3, 0.4) is 0 Å². The first-order chi connectivity index (χ1) is 20.1. The van der Waals surface area contributed by atoms with E-state index in [-0.39, 0.29) is 18.0 Å². The molecule has 1 aromatic carbocycles. The molecule has 2 aliphatic heterocycles. The number of ether oxygens (including phenoxy) is 1. The lowest BCUT2D eigenvalue weighted by Gasteiger charge is -2.38. The summed E-state index contributed by atoms with van der Waals surface area (Å²) in [6.07, 6.45) is -6.34. The number of alkyl halides is 6. The molecule has 16 heteroatoms. The number of likely N-dealkylation sites (tertiary alicyclic amines) is 1. The first-order valence-electron chi connectivity index (χ1n) is 12.4. The Labute approximate surface area is 240 Å². The van der Waals surface area contributed by atoms with Gasteiger partial charge in [-0.15, -0.1) is 0 Å². The van der Waals surface area contributed by atoms with Gasteiger partial charge in [0.1, 0.15) is 11.4 Å². The fraction of sp³-hybridized carbons (Fsp3) is 0.333. The third-order valence-electron chi connectivity index (χ3n) is 6.46. The van der Waals surface area contributed by atoms with Crippen molar-refractivity contribution in [2.75, 3.05) is 20.2 Å². The van der Waals surface area contributed by atoms with Crippen LogP contribution < -0.4 is 4.74 Å². The van der Waals surface area contributed by atoms with E-state index in [4.69, 9.17) is 24.5 Å². The Bertz CT molecular complexity index is 1370. The number of amides is 1. The highest BCUT2D eigenvalue weighted by molar-refractivity contribution is 5.94. The van der Waals surface area contributed by atoms with Crippen LogP contribution in [-0.2, 0) is 22.7 Å². The number of hydrogen-bond donors (Lipinski definition) is 2. The number of hydrogen-bond acceptors (Lipinski definition) is 6. The topological polar surface area (TPSA) is 125 Å². The second-order valence-corrected chi connectivity index (χ2v) is 9.34. The lowest BCUT2D eigenvalue weighted by Crippen LogP contribution is -2.49. The first kappa shape index (κ1) is 32.9. The molecule has 0 bridgehead atoms. The average molecular weight is 617 g/mol. The molecule has 5 rings (SSSR count). The van der Waals surface area contributed by atoms with Gasteiger partial charge in [0.2, 0.25) is 0 Å². The normalized spacial score (nSPS) is 17.9. The number of pyridine rings is 1. The average Bonchev–Trinajstić information content (AvgIpc) is 3.59. The third kappa shape index (κ3) is 8.70. The quantitative estimate of drug-likeness (QED) is 0.408. The fourth-order valence-electron chi connectivity index (χ4n) is 4.56. The molecular formula is C27H26F6N4O6. The van der Waals surface area contributed by atoms with Gasteiger partial charge in [0.05, 0.1) is 31.4 Å². The van der Waals surface area contributed by atoms with E-state index in [0.717, 1.165) is 36.8 Å². The zero-order valence-electron chi connectivity index (χ0n) is 22.4. The molecule has 1 saturated heterocycles. The zero-order valence-corrected chi connectivity index (χ0v) is 22.4. The van der Waals surface area contributed by atoms with Gasteiger partial charge in [-0.25, -0.2) is 9.59 Å². The molecule has 2 unspecified atom stereocenters. The highest BCUT2D eigenvalue weighted by Gasteiger charge is 2.45. The number of aliphatic carboxylic acids is 2. The summed E-state index contributed by atoms with van der Waals surface area (Å²) in [5.74, 6) is -4.55. The maximum Gasteiger partial charge on any atom is 0.490 e. The molecule has 2 aliphatic rings. The van der Waals surface area contributed by atoms with Crippen molar-refractivity contribution in [3.63, 3.8) is 0 Å². The lowest BCUT2D eigenvalue weighted by molar-refractivity contribution is -0.193. The van der Waals surface area contributed by atoms with E-state index < -0.39 is 24.3 Å². The van der Waals surface area contributed by atoms with Gasteiger partial charge in [-0.1, -0.05) is 18.2 Å². The van der Waals surface area contributed by atoms with Crippen LogP contribution >= 0.6 is 0 Å². The monoisotopic (exact) mass is 616 g/mol. The van der Waals surface area contributed by atoms with Gasteiger partial charge < -0.3 is 24.4 Å². The van der Waals surface area contributed by atoms with E-state index >= 15 is 0 Å². The number of benzene rings is 1. The van der Waals surface area contributed by atoms with Crippen molar-refractivity contribution in [2.45, 2.75) is 37.5 Å². The summed E-state index contributed by atoms with van der Waals surface area (Å²) >= 11 is 0. The second-order valence-electron chi connectivity index (χ2n) is 9.34. The summed E-state index contributed by atoms with van der Waals surface area (Å²) in [5.41, 5.74) is 2.95. The van der Waals surface area contributed by atoms with Gasteiger partial charge >= 0.3 is 24.3 Å². The van der Waals surface area contributed by atoms with Crippen LogP contribution in [0, 0.1) is 0 Å². The van der Waals surface area contributed by atoms with Crippen LogP contribution in [0.2, 0.25) is 0 Å². The molecule has 4 heterocycles. The van der Waals surface area contributed by atoms with Gasteiger partial charge in [0.15, 0.2) is 0 Å². The highest BCUT2D eigenvalue weighted by atomic mass is 19.4. The number of carboxylic acids is 2. The summed E-state index contributed by atoms with van der Waals surface area (Å²) in [6, 6.07) is 18.4. The molecule has 232 valence electrons. The standard InChI is InChI=1S/C23H24N4O2.2C2HF3O2/c1-29-19-9-7-17(8-10-19)13-25-15-21-22(16-25)27(14-18-5-2-3-11-24-18)23(28)20-6-4-12-26(20)21;2*3-2(4,5)1(6)7/h2-12,21-22H,13-16H2,1H3;2*(H,6,7). The lowest BCUT2D eigenvalue weighted by atomic mass is 10.1. The molecule has 43 heavy (non-hydrogen) atoms. The highest BCUT2D eigenvalue weighted by Crippen LogP contribution is 2.35. The van der Waals surface area contributed by atoms with Gasteiger partial charge in [0, 0.05) is 32.0 Å². The van der Waals surface area contributed by atoms with E-state index in [0.29, 0.717) is 6.54 Å². The van der Waals surface area contributed by atoms with Crippen molar-refractivity contribution in [1.29, 1.82) is 0 Å². The summed E-state index contributed by atoms with van der Waals surface area (Å²) in [4.78, 5) is 39.9. The van der Waals surface area contributed by atoms with Gasteiger partial charge in [-0.05, 0) is 42.0 Å². The number of carboxylic acid groups (broad SMARTS) is 2. The smallest absolute Gasteiger partial charge is 0.490 e. The number of aromatic nitrogens is 2. The maximum absolute atomic E-state index is 13.2. The predicted octanol–water partition coefficient (Wildman–Crippen LogP) is 4.24. The van der Waals surface area contributed by atoms with E-state index in [2.05, 4.69) is 26.6 Å². The summed E-state index contributed by atoms with van der Waals surface area (Å²) < 4.78 is 70.9. The van der Waals surface area contributed by atoms with Gasteiger partial charge in [0.25, 0.3) is 5.91 Å². The van der Waals surface area contributed by atoms with Crippen LogP contribution in [-0.4, -0.2) is 86.0 Å². The Morgan fingerprint density at radius 1 is 0.884 bits per heavy atom. The van der Waals surface area contributed by atoms with Crippen molar-refractivity contribution in [3.05, 3.63) is 83.9 Å². The van der Waals surface area contributed by atoms with E-state index in [1.54, 1.807) is 13.3 Å². The van der Waals surface area contributed by atoms with Crippen molar-refractivity contribution in [1.82, 2.24) is 19.4 Å². The molecule has 0 spiro atoms. The number of nitrogens with zero attached hydrogens (tertiary/aromatic N) is 4. The molecule has 3 aromatic rings. The summed E-state index contributed by atoms with van der Waals surface area (Å²) in [5, 5.41) is 14.2. The van der Waals surface area contributed by atoms with Gasteiger partial charge in [-0.2, -0.15) is 26.3 Å². The molecule has 1 amide bonds. The van der Waals surface area contributed by atoms with Crippen molar-refractivity contribution in [2.24, 2.45) is 0 Å². The Kier molecular flexibility index (Phi) is 10.4. The molecule has 0 aliphatic carbocycles. The number of halogens is 6. The molecule has 10 nitrogen and oxygen atoms in total. The van der Waals surface area contributed by atoms with Crippen LogP contribution in [0.25, 0.3) is 0 Å². The van der Waals surface area contributed by atoms with Crippen LogP contribution in [0.15, 0.2) is 67.0 Å². The van der Waals surface area contributed by atoms with Crippen LogP contribution in [0.5, 0.6) is 5.75 Å². The van der Waals surface area contributed by atoms with Crippen LogP contribution in [0.1, 0.15) is 27.8 Å². The van der Waals surface area contributed by atoms with Crippen molar-refractivity contribution in [3.8, 4) is 5.75 Å². The molecule has 0 saturated carbocycles. The van der Waals surface area contributed by atoms with Crippen molar-refractivity contribution >= 4 is 17.8 Å². The van der Waals surface area contributed by atoms with Gasteiger partial charge in [-0.3, -0.25) is 14.7 Å². The third-order valence-corrected chi connectivity index (χ3v) is 6.46. The minimum absolute atomic E-state index is 0.0909. The van der Waals surface area contributed by atoms with E-state index in [1.807, 2.05) is 53.6 Å². The Hall–Kier alpha value is -4.60. The van der Waals surface area contributed by atoms with E-state index in [1.165, 1.54) is 5.56 Å². The minimum atomic E-state index is -5.08. The summed E-state index contributed by atoms with van der Waals surface area (Å²) in [6.45, 7) is 3.18. The molecule has 0 radical (unpaired) electrons. The zero-order chi connectivity index (χ0) is 31.9. The Morgan fingerprint density at radius 3 is 1.98 bits per heavy atom. The Morgan fingerprint density at radius 2 is 1.47 bits per heavy atom. The molecular weight excluding hydrogens is 590 g/mol. The predicted molar refractivity (Wildman–Crippen MR) is 137 cm³/mol. The van der Waals surface area contributed by atoms with Crippen molar-refractivity contribution < 1.29 is 55.7 Å².